The normalized spacial score (nSPS) is 11.6. The van der Waals surface area contributed by atoms with Crippen molar-refractivity contribution in [3.05, 3.63) is 23.2 Å². The molecule has 20 heavy (non-hydrogen) atoms. The first kappa shape index (κ1) is 16.6. The Kier molecular flexibility index (Phi) is 5.62. The molecule has 0 aliphatic carbocycles. The second-order valence-corrected chi connectivity index (χ2v) is 5.36. The van der Waals surface area contributed by atoms with E-state index < -0.39 is 29.1 Å². The zero-order valence-electron chi connectivity index (χ0n) is 9.68. The number of benzene rings is 1. The van der Waals surface area contributed by atoms with Gasteiger partial charge in [0.15, 0.2) is 0 Å². The fourth-order valence-corrected chi connectivity index (χ4v) is 2.19. The number of halogens is 3. The maximum atomic E-state index is 12.0. The van der Waals surface area contributed by atoms with E-state index in [1.807, 2.05) is 0 Å². The quantitative estimate of drug-likeness (QED) is 0.713. The standard InChI is InChI=1S/C9H9ClF2N2O5S/c10-6-3-5(1-2-7(6)19-9(11)12)20(16,17)14-18-4-8(13)15/h1-3,9,14H,4H2,(H2,13,15). The summed E-state index contributed by atoms with van der Waals surface area (Å²) in [6, 6.07) is 2.81. The van der Waals surface area contributed by atoms with Crippen LogP contribution in [0, 0.1) is 0 Å². The summed E-state index contributed by atoms with van der Waals surface area (Å²) < 4.78 is 51.4. The fraction of sp³-hybridized carbons (Fsp3) is 0.222. The molecule has 112 valence electrons. The minimum absolute atomic E-state index is 0.330. The molecule has 0 bridgehead atoms. The van der Waals surface area contributed by atoms with Crippen LogP contribution in [0.2, 0.25) is 5.02 Å². The van der Waals surface area contributed by atoms with Gasteiger partial charge < -0.3 is 10.5 Å². The SMILES string of the molecule is NC(=O)CONS(=O)(=O)c1ccc(OC(F)F)c(Cl)c1. The van der Waals surface area contributed by atoms with Gasteiger partial charge in [0.2, 0.25) is 5.91 Å². The van der Waals surface area contributed by atoms with E-state index in [-0.39, 0.29) is 15.7 Å². The van der Waals surface area contributed by atoms with E-state index in [0.717, 1.165) is 18.2 Å². The number of nitrogens with one attached hydrogen (secondary N) is 1. The van der Waals surface area contributed by atoms with E-state index in [0.29, 0.717) is 0 Å². The molecule has 0 aliphatic heterocycles. The van der Waals surface area contributed by atoms with Gasteiger partial charge in [-0.25, -0.2) is 8.42 Å². The van der Waals surface area contributed by atoms with Crippen LogP contribution in [0.4, 0.5) is 8.78 Å². The lowest BCUT2D eigenvalue weighted by Gasteiger charge is -2.09. The fourth-order valence-electron chi connectivity index (χ4n) is 1.07. The van der Waals surface area contributed by atoms with Crippen LogP contribution >= 0.6 is 11.6 Å². The van der Waals surface area contributed by atoms with E-state index in [1.54, 1.807) is 4.89 Å². The predicted octanol–water partition coefficient (Wildman–Crippen LogP) is 0.637. The number of ether oxygens (including phenoxy) is 1. The lowest BCUT2D eigenvalue weighted by molar-refractivity contribution is -0.123. The van der Waals surface area contributed by atoms with Crippen molar-refractivity contribution in [1.82, 2.24) is 4.89 Å². The number of rotatable bonds is 7. The van der Waals surface area contributed by atoms with Crippen molar-refractivity contribution in [2.45, 2.75) is 11.5 Å². The van der Waals surface area contributed by atoms with Gasteiger partial charge in [0.1, 0.15) is 12.4 Å². The minimum atomic E-state index is -4.13. The van der Waals surface area contributed by atoms with Crippen LogP contribution in [0.5, 0.6) is 5.75 Å². The number of hydrogen-bond acceptors (Lipinski definition) is 5. The Bertz CT molecular complexity index is 596. The van der Waals surface area contributed by atoms with Crippen LogP contribution in [0.25, 0.3) is 0 Å². The van der Waals surface area contributed by atoms with Crippen LogP contribution in [0.15, 0.2) is 23.1 Å². The Balaban J connectivity index is 2.85. The summed E-state index contributed by atoms with van der Waals surface area (Å²) in [7, 11) is -4.13. The van der Waals surface area contributed by atoms with Gasteiger partial charge in [-0.05, 0) is 18.2 Å². The number of hydrogen-bond donors (Lipinski definition) is 2. The molecule has 7 nitrogen and oxygen atoms in total. The van der Waals surface area contributed by atoms with Crippen molar-refractivity contribution in [3.63, 3.8) is 0 Å². The highest BCUT2D eigenvalue weighted by Crippen LogP contribution is 2.28. The summed E-state index contributed by atoms with van der Waals surface area (Å²) >= 11 is 5.60. The molecule has 3 N–H and O–H groups in total. The molecular weight excluding hydrogens is 322 g/mol. The molecule has 0 aromatic heterocycles. The number of carbonyl (C=O) groups excluding carboxylic acids is 1. The Labute approximate surface area is 117 Å². The number of nitrogens with two attached hydrogens (primary N) is 1. The molecule has 0 saturated heterocycles. The van der Waals surface area contributed by atoms with E-state index in [4.69, 9.17) is 17.3 Å². The molecule has 0 fully saturated rings. The number of carbonyl (C=O) groups is 1. The van der Waals surface area contributed by atoms with Crippen LogP contribution in [0.3, 0.4) is 0 Å². The second-order valence-electron chi connectivity index (χ2n) is 3.31. The molecule has 1 rings (SSSR count). The van der Waals surface area contributed by atoms with Crippen molar-refractivity contribution < 1.29 is 31.6 Å². The summed E-state index contributed by atoms with van der Waals surface area (Å²) in [5.74, 6) is -1.26. The number of primary amides is 1. The first-order valence-electron chi connectivity index (χ1n) is 4.88. The van der Waals surface area contributed by atoms with Gasteiger partial charge in [-0.3, -0.25) is 9.63 Å². The van der Waals surface area contributed by atoms with Crippen molar-refractivity contribution >= 4 is 27.5 Å². The largest absolute Gasteiger partial charge is 0.433 e. The lowest BCUT2D eigenvalue weighted by Crippen LogP contribution is -2.29. The van der Waals surface area contributed by atoms with Gasteiger partial charge in [-0.2, -0.15) is 8.78 Å². The van der Waals surface area contributed by atoms with E-state index in [9.17, 15) is 22.0 Å². The van der Waals surface area contributed by atoms with Gasteiger partial charge in [-0.1, -0.05) is 16.5 Å². The molecule has 1 amide bonds. The smallest absolute Gasteiger partial charge is 0.387 e. The third-order valence-corrected chi connectivity index (χ3v) is 3.32. The third-order valence-electron chi connectivity index (χ3n) is 1.81. The van der Waals surface area contributed by atoms with Crippen molar-refractivity contribution in [1.29, 1.82) is 0 Å². The van der Waals surface area contributed by atoms with Crippen molar-refractivity contribution in [2.24, 2.45) is 5.73 Å². The third kappa shape index (κ3) is 4.89. The van der Waals surface area contributed by atoms with Crippen LogP contribution in [0.1, 0.15) is 0 Å². The highest BCUT2D eigenvalue weighted by atomic mass is 35.5. The summed E-state index contributed by atoms with van der Waals surface area (Å²) in [5.41, 5.74) is 4.74. The second kappa shape index (κ2) is 6.79. The summed E-state index contributed by atoms with van der Waals surface area (Å²) in [6.07, 6.45) is 0. The van der Waals surface area contributed by atoms with Crippen molar-refractivity contribution in [2.75, 3.05) is 6.61 Å². The molecule has 11 heteroatoms. The van der Waals surface area contributed by atoms with Gasteiger partial charge in [-0.15, -0.1) is 0 Å². The number of alkyl halides is 2. The molecular formula is C9H9ClF2N2O5S. The van der Waals surface area contributed by atoms with Gasteiger partial charge >= 0.3 is 6.61 Å². The average Bonchev–Trinajstić information content (AvgIpc) is 2.30. The minimum Gasteiger partial charge on any atom is -0.433 e. The molecule has 0 atom stereocenters. The maximum absolute atomic E-state index is 12.0. The Morgan fingerprint density at radius 1 is 1.45 bits per heavy atom. The molecule has 0 aliphatic rings. The van der Waals surface area contributed by atoms with Crippen LogP contribution < -0.4 is 15.4 Å². The summed E-state index contributed by atoms with van der Waals surface area (Å²) in [5, 5.41) is -0.330. The van der Waals surface area contributed by atoms with Gasteiger partial charge in [0.05, 0.1) is 9.92 Å². The van der Waals surface area contributed by atoms with Crippen LogP contribution in [-0.4, -0.2) is 27.5 Å². The Morgan fingerprint density at radius 2 is 2.10 bits per heavy atom. The zero-order valence-corrected chi connectivity index (χ0v) is 11.2. The van der Waals surface area contributed by atoms with E-state index >= 15 is 0 Å². The molecule has 0 unspecified atom stereocenters. The highest BCUT2D eigenvalue weighted by Gasteiger charge is 2.18. The maximum Gasteiger partial charge on any atom is 0.387 e. The molecule has 0 spiro atoms. The van der Waals surface area contributed by atoms with E-state index in [2.05, 4.69) is 9.57 Å². The zero-order chi connectivity index (χ0) is 15.3. The number of sulfonamides is 1. The van der Waals surface area contributed by atoms with Crippen molar-refractivity contribution in [3.8, 4) is 5.75 Å². The Morgan fingerprint density at radius 3 is 2.60 bits per heavy atom. The lowest BCUT2D eigenvalue weighted by atomic mass is 10.3. The molecule has 0 saturated carbocycles. The molecule has 0 radical (unpaired) electrons. The first-order chi connectivity index (χ1) is 9.22. The predicted molar refractivity (Wildman–Crippen MR) is 63.6 cm³/mol. The van der Waals surface area contributed by atoms with Gasteiger partial charge in [0.25, 0.3) is 10.0 Å². The Hall–Kier alpha value is -1.49. The number of amides is 1. The molecule has 1 aromatic rings. The molecule has 0 heterocycles. The topological polar surface area (TPSA) is 108 Å². The monoisotopic (exact) mass is 330 g/mol. The van der Waals surface area contributed by atoms with E-state index in [1.165, 1.54) is 0 Å². The molecule has 1 aromatic carbocycles. The first-order valence-corrected chi connectivity index (χ1v) is 6.75. The summed E-state index contributed by atoms with van der Waals surface area (Å²) in [4.78, 5) is 16.0. The highest BCUT2D eigenvalue weighted by molar-refractivity contribution is 7.89. The van der Waals surface area contributed by atoms with Crippen LogP contribution in [-0.2, 0) is 19.7 Å². The van der Waals surface area contributed by atoms with Gasteiger partial charge in [0, 0.05) is 0 Å². The average molecular weight is 331 g/mol. The summed E-state index contributed by atoms with van der Waals surface area (Å²) in [6.45, 7) is -3.76.